The zero-order chi connectivity index (χ0) is 38.0. The van der Waals surface area contributed by atoms with Crippen LogP contribution in [-0.2, 0) is 28.8 Å². The summed E-state index contributed by atoms with van der Waals surface area (Å²) in [6.45, 7) is 7.12. The first-order valence-corrected chi connectivity index (χ1v) is 18.2. The van der Waals surface area contributed by atoms with Crippen molar-refractivity contribution in [3.63, 3.8) is 0 Å². The lowest BCUT2D eigenvalue weighted by Gasteiger charge is -2.49. The SMILES string of the molecule is C=CC1=C(C(=O)O)N2C(=O)[C@@H](NC(=O)C(=NO)c3csc(N)n3)[C@H]2SC1.C=CC1=C(C(=O)O)N2C(=O)[C@@H](NC(=O)C(=NO)c3csc(N)n3)[C@H]2SC1.O. The van der Waals surface area contributed by atoms with Gasteiger partial charge in [-0.25, -0.2) is 19.6 Å². The highest BCUT2D eigenvalue weighted by atomic mass is 32.2. The minimum Gasteiger partial charge on any atom is -0.477 e. The van der Waals surface area contributed by atoms with Crippen LogP contribution in [0.25, 0.3) is 0 Å². The van der Waals surface area contributed by atoms with Crippen LogP contribution in [0.3, 0.4) is 0 Å². The molecule has 4 aliphatic heterocycles. The number of fused-ring (bicyclic) bond motifs is 2. The molecule has 6 heterocycles. The number of aromatic nitrogens is 2. The number of β-lactam (4-membered cyclic amide) rings is 2. The molecule has 0 bridgehead atoms. The van der Waals surface area contributed by atoms with Gasteiger partial charge in [0, 0.05) is 22.3 Å². The highest BCUT2D eigenvalue weighted by Gasteiger charge is 2.55. The monoisotopic (exact) mass is 808 g/mol. The van der Waals surface area contributed by atoms with Gasteiger partial charge in [-0.15, -0.1) is 46.2 Å². The lowest BCUT2D eigenvalue weighted by atomic mass is 10.0. The van der Waals surface area contributed by atoms with Crippen molar-refractivity contribution in [2.45, 2.75) is 22.8 Å². The van der Waals surface area contributed by atoms with Gasteiger partial charge in [0.05, 0.1) is 0 Å². The molecular formula is C28H28N10O11S4. The number of aliphatic carboxylic acids is 2. The number of carboxylic acid groups (broad SMARTS) is 2. The van der Waals surface area contributed by atoms with Crippen LogP contribution >= 0.6 is 46.2 Å². The second kappa shape index (κ2) is 16.3. The number of thiazole rings is 2. The van der Waals surface area contributed by atoms with Crippen molar-refractivity contribution in [3.8, 4) is 0 Å². The first kappa shape index (κ1) is 40.0. The average Bonchev–Trinajstić information content (AvgIpc) is 3.76. The van der Waals surface area contributed by atoms with E-state index in [-0.39, 0.29) is 49.9 Å². The first-order valence-electron chi connectivity index (χ1n) is 14.3. The van der Waals surface area contributed by atoms with Crippen molar-refractivity contribution in [1.29, 1.82) is 0 Å². The molecule has 0 spiro atoms. The van der Waals surface area contributed by atoms with Crippen LogP contribution in [0.5, 0.6) is 0 Å². The van der Waals surface area contributed by atoms with Crippen LogP contribution in [0.1, 0.15) is 11.4 Å². The predicted octanol–water partition coefficient (Wildman–Crippen LogP) is -1.17. The number of nitrogens with two attached hydrogens (primary N) is 2. The van der Waals surface area contributed by atoms with E-state index in [1.54, 1.807) is 0 Å². The number of hydrogen-bond donors (Lipinski definition) is 8. The maximum absolute atomic E-state index is 12.4. The number of nitrogen functional groups attached to an aromatic ring is 2. The number of allylic oxidation sites excluding steroid dienone is 2. The summed E-state index contributed by atoms with van der Waals surface area (Å²) in [5.41, 5.74) is 11.0. The van der Waals surface area contributed by atoms with E-state index in [0.29, 0.717) is 22.7 Å². The number of anilines is 2. The summed E-state index contributed by atoms with van der Waals surface area (Å²) in [4.78, 5) is 82.3. The highest BCUT2D eigenvalue weighted by molar-refractivity contribution is 8.00. The van der Waals surface area contributed by atoms with Gasteiger partial charge in [0.15, 0.2) is 21.7 Å². The molecule has 0 aliphatic carbocycles. The van der Waals surface area contributed by atoms with E-state index >= 15 is 0 Å². The van der Waals surface area contributed by atoms with Crippen LogP contribution in [0, 0.1) is 0 Å². The predicted molar refractivity (Wildman–Crippen MR) is 193 cm³/mol. The van der Waals surface area contributed by atoms with E-state index < -0.39 is 58.4 Å². The molecule has 280 valence electrons. The molecule has 0 aromatic carbocycles. The van der Waals surface area contributed by atoms with Crippen molar-refractivity contribution in [1.82, 2.24) is 30.4 Å². The van der Waals surface area contributed by atoms with Crippen molar-refractivity contribution in [2.24, 2.45) is 10.3 Å². The summed E-state index contributed by atoms with van der Waals surface area (Å²) in [5, 5.41) is 49.8. The van der Waals surface area contributed by atoms with Crippen molar-refractivity contribution < 1.29 is 54.9 Å². The first-order chi connectivity index (χ1) is 24.8. The fraction of sp³-hybridized carbons (Fsp3) is 0.214. The largest absolute Gasteiger partial charge is 0.477 e. The zero-order valence-electron chi connectivity index (χ0n) is 26.7. The van der Waals surface area contributed by atoms with Crippen molar-refractivity contribution in [3.05, 3.63) is 70.0 Å². The van der Waals surface area contributed by atoms with Crippen LogP contribution in [0.4, 0.5) is 10.3 Å². The molecule has 4 amide bonds. The maximum Gasteiger partial charge on any atom is 0.352 e. The number of nitrogens with zero attached hydrogens (tertiary/aromatic N) is 6. The summed E-state index contributed by atoms with van der Waals surface area (Å²) >= 11 is 4.73. The van der Waals surface area contributed by atoms with Crippen LogP contribution in [-0.4, -0.2) is 127 Å². The average molecular weight is 809 g/mol. The second-order valence-electron chi connectivity index (χ2n) is 10.5. The summed E-state index contributed by atoms with van der Waals surface area (Å²) in [7, 11) is 0. The molecule has 53 heavy (non-hydrogen) atoms. The fourth-order valence-corrected chi connectivity index (χ4v) is 9.01. The third-order valence-corrected chi connectivity index (χ3v) is 11.6. The summed E-state index contributed by atoms with van der Waals surface area (Å²) in [6.07, 6.45) is 2.80. The highest BCUT2D eigenvalue weighted by Crippen LogP contribution is 2.41. The Morgan fingerprint density at radius 1 is 0.774 bits per heavy atom. The van der Waals surface area contributed by atoms with Gasteiger partial charge in [0.1, 0.15) is 45.6 Å². The molecule has 0 unspecified atom stereocenters. The minimum atomic E-state index is -1.24. The lowest BCUT2D eigenvalue weighted by Crippen LogP contribution is -2.71. The third-order valence-electron chi connectivity index (χ3n) is 7.63. The second-order valence-corrected chi connectivity index (χ2v) is 14.5. The molecule has 2 aromatic heterocycles. The fourth-order valence-electron chi connectivity index (χ4n) is 5.24. The Bertz CT molecular complexity index is 1900. The summed E-state index contributed by atoms with van der Waals surface area (Å²) in [5.74, 6) is -4.55. The molecule has 0 saturated carbocycles. The Kier molecular flexibility index (Phi) is 12.3. The van der Waals surface area contributed by atoms with Gasteiger partial charge in [-0.3, -0.25) is 29.0 Å². The van der Waals surface area contributed by atoms with Crippen molar-refractivity contribution >= 4 is 103 Å². The van der Waals surface area contributed by atoms with Crippen LogP contribution in [0.2, 0.25) is 0 Å². The van der Waals surface area contributed by atoms with E-state index in [1.165, 1.54) is 46.4 Å². The topological polar surface area (TPSA) is 348 Å². The molecule has 2 saturated heterocycles. The number of carbonyl (C=O) groups is 6. The van der Waals surface area contributed by atoms with E-state index in [2.05, 4.69) is 44.1 Å². The van der Waals surface area contributed by atoms with Crippen LogP contribution < -0.4 is 22.1 Å². The minimum absolute atomic E-state index is 0. The van der Waals surface area contributed by atoms with E-state index in [0.717, 1.165) is 32.5 Å². The van der Waals surface area contributed by atoms with Crippen LogP contribution in [0.15, 0.2) is 68.9 Å². The number of amides is 4. The van der Waals surface area contributed by atoms with Gasteiger partial charge >= 0.3 is 11.9 Å². The molecule has 0 radical (unpaired) electrons. The van der Waals surface area contributed by atoms with Crippen molar-refractivity contribution in [2.75, 3.05) is 23.0 Å². The number of nitrogens with one attached hydrogen (secondary N) is 2. The Labute approximate surface area is 313 Å². The lowest BCUT2D eigenvalue weighted by molar-refractivity contribution is -0.150. The van der Waals surface area contributed by atoms with E-state index in [4.69, 9.17) is 21.9 Å². The van der Waals surface area contributed by atoms with E-state index in [1.807, 2.05) is 0 Å². The smallest absolute Gasteiger partial charge is 0.352 e. The van der Waals surface area contributed by atoms with Gasteiger partial charge in [0.25, 0.3) is 23.6 Å². The normalized spacial score (nSPS) is 22.1. The number of hydrogen-bond acceptors (Lipinski definition) is 18. The van der Waals surface area contributed by atoms with Gasteiger partial charge in [-0.05, 0) is 11.1 Å². The Hall–Kier alpha value is -5.76. The Morgan fingerprint density at radius 3 is 1.40 bits per heavy atom. The maximum atomic E-state index is 12.4. The zero-order valence-corrected chi connectivity index (χ0v) is 29.9. The third kappa shape index (κ3) is 7.45. The summed E-state index contributed by atoms with van der Waals surface area (Å²) in [6, 6.07) is -1.89. The summed E-state index contributed by atoms with van der Waals surface area (Å²) < 4.78 is 0. The molecular weight excluding hydrogens is 781 g/mol. The molecule has 21 nitrogen and oxygen atoms in total. The molecule has 2 fully saturated rings. The number of oxime groups is 2. The Balaban J connectivity index is 0.000000232. The molecule has 6 rings (SSSR count). The van der Waals surface area contributed by atoms with Gasteiger partial charge in [-0.1, -0.05) is 35.6 Å². The van der Waals surface area contributed by atoms with Gasteiger partial charge in [-0.2, -0.15) is 0 Å². The molecule has 12 N–H and O–H groups in total. The number of carbonyl (C=O) groups excluding carboxylic acids is 4. The van der Waals surface area contributed by atoms with Gasteiger partial charge < -0.3 is 48.2 Å². The standard InChI is InChI=1S/2C14H13N5O5S2.H2O/c2*1-2-5-3-25-12-8(11(21)19(12)9(5)13(22)23)17-10(20)7(18-24)6-4-26-14(15)16-6;/h2*2,4,8,12,24H,1,3H2,(H2,15,16)(H,17,20)(H,22,23);1H2/t2*8-,12-;/m11./s1. The molecule has 25 heteroatoms. The molecule has 4 aliphatic rings. The Morgan fingerprint density at radius 2 is 1.13 bits per heavy atom. The number of thioether (sulfide) groups is 2. The molecule has 4 atom stereocenters. The number of rotatable bonds is 10. The quantitative estimate of drug-likeness (QED) is 0.0607. The number of carboxylic acids is 2. The van der Waals surface area contributed by atoms with E-state index in [9.17, 15) is 39.0 Å². The van der Waals surface area contributed by atoms with Gasteiger partial charge in [0.2, 0.25) is 0 Å². The molecule has 2 aromatic rings.